The van der Waals surface area contributed by atoms with Crippen LogP contribution in [0.15, 0.2) is 72.8 Å². The summed E-state index contributed by atoms with van der Waals surface area (Å²) >= 11 is 0. The number of phenolic OH excluding ortho intramolecular Hbond substituents is 1. The highest BCUT2D eigenvalue weighted by atomic mass is 16.3. The quantitative estimate of drug-likeness (QED) is 0.486. The molecule has 0 spiro atoms. The molecule has 6 heteroatoms. The number of carbonyl (C=O) groups excluding carboxylic acids is 1. The van der Waals surface area contributed by atoms with Gasteiger partial charge in [-0.1, -0.05) is 48.5 Å². The Morgan fingerprint density at radius 1 is 0.935 bits per heavy atom. The summed E-state index contributed by atoms with van der Waals surface area (Å²) in [7, 11) is 0. The maximum Gasteiger partial charge on any atom is 0.226 e. The number of phenols is 1. The Morgan fingerprint density at radius 3 is 2.35 bits per heavy atom. The van der Waals surface area contributed by atoms with Gasteiger partial charge in [0.2, 0.25) is 5.91 Å². The Hall–Kier alpha value is -4.13. The number of carbonyl (C=O) groups is 1. The zero-order valence-corrected chi connectivity index (χ0v) is 16.9. The van der Waals surface area contributed by atoms with Gasteiger partial charge in [0, 0.05) is 12.5 Å². The van der Waals surface area contributed by atoms with E-state index in [-0.39, 0.29) is 35.4 Å². The molecular weight excluding hydrogens is 388 g/mol. The van der Waals surface area contributed by atoms with Crippen molar-refractivity contribution < 1.29 is 9.90 Å². The summed E-state index contributed by atoms with van der Waals surface area (Å²) < 4.78 is 0. The predicted octanol–water partition coefficient (Wildman–Crippen LogP) is 4.04. The third kappa shape index (κ3) is 5.93. The first-order valence-corrected chi connectivity index (χ1v) is 9.90. The maximum absolute atomic E-state index is 12.7. The van der Waals surface area contributed by atoms with Crippen LogP contribution < -0.4 is 10.6 Å². The van der Waals surface area contributed by atoms with E-state index in [1.807, 2.05) is 48.5 Å². The van der Waals surface area contributed by atoms with Gasteiger partial charge in [-0.2, -0.15) is 10.5 Å². The van der Waals surface area contributed by atoms with E-state index in [2.05, 4.69) is 16.7 Å². The van der Waals surface area contributed by atoms with Crippen LogP contribution in [0.2, 0.25) is 0 Å². The standard InChI is InChI=1S/C25H22N4O2/c26-16-19-11-9-18(10-12-19)13-14-28-23(20-5-2-1-3-6-20)15-24(30)29-22-8-4-7-21(17-27)25(22)31/h1-12,23,28,31H,13-15H2,(H,29,30)/t23-/m0/s1. The second-order valence-corrected chi connectivity index (χ2v) is 7.04. The molecule has 0 unspecified atom stereocenters. The van der Waals surface area contributed by atoms with Gasteiger partial charge >= 0.3 is 0 Å². The van der Waals surface area contributed by atoms with Crippen LogP contribution in [0.1, 0.15) is 34.7 Å². The SMILES string of the molecule is N#Cc1ccc(CCN[C@@H](CC(=O)Nc2cccc(C#N)c2O)c2ccccc2)cc1. The van der Waals surface area contributed by atoms with Crippen molar-refractivity contribution in [2.45, 2.75) is 18.9 Å². The molecular formula is C25H22N4O2. The Bertz CT molecular complexity index is 1110. The number of nitriles is 2. The fourth-order valence-corrected chi connectivity index (χ4v) is 3.25. The molecule has 3 N–H and O–H groups in total. The van der Waals surface area contributed by atoms with Crippen molar-refractivity contribution in [3.8, 4) is 17.9 Å². The average molecular weight is 410 g/mol. The van der Waals surface area contributed by atoms with Crippen molar-refractivity contribution in [1.82, 2.24) is 5.32 Å². The number of hydrogen-bond acceptors (Lipinski definition) is 5. The number of hydrogen-bond donors (Lipinski definition) is 3. The number of anilines is 1. The van der Waals surface area contributed by atoms with Gasteiger partial charge in [-0.25, -0.2) is 0 Å². The minimum atomic E-state index is -0.273. The molecule has 0 aromatic heterocycles. The predicted molar refractivity (Wildman–Crippen MR) is 118 cm³/mol. The van der Waals surface area contributed by atoms with Crippen molar-refractivity contribution in [2.75, 3.05) is 11.9 Å². The summed E-state index contributed by atoms with van der Waals surface area (Å²) in [5.74, 6) is -0.506. The summed E-state index contributed by atoms with van der Waals surface area (Å²) in [6, 6.07) is 25.6. The highest BCUT2D eigenvalue weighted by Gasteiger charge is 2.17. The van der Waals surface area contributed by atoms with E-state index in [1.165, 1.54) is 6.07 Å². The number of amides is 1. The van der Waals surface area contributed by atoms with Crippen LogP contribution in [0.25, 0.3) is 0 Å². The Labute approximate surface area is 181 Å². The van der Waals surface area contributed by atoms with Crippen LogP contribution in [0.3, 0.4) is 0 Å². The number of benzene rings is 3. The minimum absolute atomic E-state index is 0.109. The third-order valence-electron chi connectivity index (χ3n) is 4.91. The van der Waals surface area contributed by atoms with E-state index in [4.69, 9.17) is 10.5 Å². The van der Waals surface area contributed by atoms with E-state index in [9.17, 15) is 9.90 Å². The summed E-state index contributed by atoms with van der Waals surface area (Å²) in [5.41, 5.74) is 3.03. The van der Waals surface area contributed by atoms with Crippen LogP contribution >= 0.6 is 0 Å². The van der Waals surface area contributed by atoms with Crippen molar-refractivity contribution >= 4 is 11.6 Å². The van der Waals surface area contributed by atoms with Gasteiger partial charge in [-0.15, -0.1) is 0 Å². The van der Waals surface area contributed by atoms with E-state index in [1.54, 1.807) is 24.3 Å². The lowest BCUT2D eigenvalue weighted by molar-refractivity contribution is -0.116. The second kappa shape index (κ2) is 10.6. The molecule has 3 aromatic carbocycles. The topological polar surface area (TPSA) is 109 Å². The van der Waals surface area contributed by atoms with E-state index >= 15 is 0 Å². The number of rotatable bonds is 8. The lowest BCUT2D eigenvalue weighted by Gasteiger charge is -2.19. The fraction of sp³-hybridized carbons (Fsp3) is 0.160. The van der Waals surface area contributed by atoms with E-state index in [0.717, 1.165) is 17.5 Å². The molecule has 0 aliphatic heterocycles. The van der Waals surface area contributed by atoms with Crippen LogP contribution in [0.4, 0.5) is 5.69 Å². The Kier molecular flexibility index (Phi) is 7.37. The number of para-hydroxylation sites is 1. The minimum Gasteiger partial charge on any atom is -0.504 e. The molecule has 0 aliphatic rings. The summed E-state index contributed by atoms with van der Waals surface area (Å²) in [5, 5.41) is 34.2. The first-order chi connectivity index (χ1) is 15.1. The molecule has 3 rings (SSSR count). The van der Waals surface area contributed by atoms with E-state index < -0.39 is 0 Å². The van der Waals surface area contributed by atoms with Crippen LogP contribution in [0.5, 0.6) is 5.75 Å². The molecule has 3 aromatic rings. The summed E-state index contributed by atoms with van der Waals surface area (Å²) in [6.45, 7) is 0.647. The second-order valence-electron chi connectivity index (χ2n) is 7.04. The van der Waals surface area contributed by atoms with Gasteiger partial charge in [0.25, 0.3) is 0 Å². The molecule has 0 fully saturated rings. The largest absolute Gasteiger partial charge is 0.504 e. The smallest absolute Gasteiger partial charge is 0.226 e. The highest BCUT2D eigenvalue weighted by molar-refractivity contribution is 5.93. The van der Waals surface area contributed by atoms with Crippen molar-refractivity contribution in [2.24, 2.45) is 0 Å². The molecule has 6 nitrogen and oxygen atoms in total. The van der Waals surface area contributed by atoms with Gasteiger partial charge in [0.15, 0.2) is 5.75 Å². The van der Waals surface area contributed by atoms with Gasteiger partial charge in [0.1, 0.15) is 6.07 Å². The number of nitrogens with zero attached hydrogens (tertiary/aromatic N) is 2. The van der Waals surface area contributed by atoms with Crippen LogP contribution in [-0.2, 0) is 11.2 Å². The maximum atomic E-state index is 12.7. The first-order valence-electron chi connectivity index (χ1n) is 9.90. The van der Waals surface area contributed by atoms with E-state index in [0.29, 0.717) is 12.1 Å². The molecule has 0 saturated heterocycles. The zero-order chi connectivity index (χ0) is 22.1. The van der Waals surface area contributed by atoms with Crippen molar-refractivity contribution in [1.29, 1.82) is 10.5 Å². The molecule has 0 bridgehead atoms. The highest BCUT2D eigenvalue weighted by Crippen LogP contribution is 2.27. The van der Waals surface area contributed by atoms with Crippen LogP contribution in [0, 0.1) is 22.7 Å². The number of nitrogens with one attached hydrogen (secondary N) is 2. The summed E-state index contributed by atoms with van der Waals surface area (Å²) in [6.07, 6.45) is 0.912. The normalized spacial score (nSPS) is 11.2. The van der Waals surface area contributed by atoms with Gasteiger partial charge in [-0.3, -0.25) is 4.79 Å². The Morgan fingerprint density at radius 2 is 1.68 bits per heavy atom. The lowest BCUT2D eigenvalue weighted by atomic mass is 10.0. The fourth-order valence-electron chi connectivity index (χ4n) is 3.25. The molecule has 0 saturated carbocycles. The monoisotopic (exact) mass is 410 g/mol. The molecule has 154 valence electrons. The number of aromatic hydroxyl groups is 1. The molecule has 1 amide bonds. The van der Waals surface area contributed by atoms with Crippen molar-refractivity contribution in [3.05, 3.63) is 95.1 Å². The molecule has 0 heterocycles. The first kappa shape index (κ1) is 21.6. The molecule has 1 atom stereocenters. The molecule has 31 heavy (non-hydrogen) atoms. The lowest BCUT2D eigenvalue weighted by Crippen LogP contribution is -2.28. The van der Waals surface area contributed by atoms with Gasteiger partial charge in [-0.05, 0) is 48.4 Å². The zero-order valence-electron chi connectivity index (χ0n) is 16.9. The molecule has 0 aliphatic carbocycles. The van der Waals surface area contributed by atoms with Gasteiger partial charge in [0.05, 0.1) is 22.9 Å². The Balaban J connectivity index is 1.66. The van der Waals surface area contributed by atoms with Crippen molar-refractivity contribution in [3.63, 3.8) is 0 Å². The average Bonchev–Trinajstić information content (AvgIpc) is 2.81. The third-order valence-corrected chi connectivity index (χ3v) is 4.91. The van der Waals surface area contributed by atoms with Gasteiger partial charge < -0.3 is 15.7 Å². The molecule has 0 radical (unpaired) electrons. The van der Waals surface area contributed by atoms with Crippen LogP contribution in [-0.4, -0.2) is 17.6 Å². The summed E-state index contributed by atoms with van der Waals surface area (Å²) in [4.78, 5) is 12.7.